The van der Waals surface area contributed by atoms with Crippen molar-refractivity contribution < 1.29 is 4.79 Å². The van der Waals surface area contributed by atoms with Crippen molar-refractivity contribution in [1.82, 2.24) is 10.2 Å². The molecule has 1 fully saturated rings. The van der Waals surface area contributed by atoms with Gasteiger partial charge in [-0.2, -0.15) is 0 Å². The number of unbranched alkanes of at least 4 members (excludes halogenated alkanes) is 1. The lowest BCUT2D eigenvalue weighted by molar-refractivity contribution is 0.0952. The van der Waals surface area contributed by atoms with Gasteiger partial charge in [-0.05, 0) is 85.1 Å². The number of amides is 1. The molecule has 4 rings (SSSR count). The largest absolute Gasteiger partial charge is 0.352 e. The van der Waals surface area contributed by atoms with Gasteiger partial charge >= 0.3 is 0 Å². The van der Waals surface area contributed by atoms with Crippen LogP contribution in [0.25, 0.3) is 10.8 Å². The second-order valence-electron chi connectivity index (χ2n) is 9.07. The summed E-state index contributed by atoms with van der Waals surface area (Å²) in [5, 5.41) is 6.69. The number of carbonyl (C=O) groups is 1. The number of halogens is 2. The Morgan fingerprint density at radius 2 is 1.82 bits per heavy atom. The Labute approximate surface area is 207 Å². The summed E-state index contributed by atoms with van der Waals surface area (Å²) in [6.45, 7) is 6.21. The van der Waals surface area contributed by atoms with Gasteiger partial charge in [0.15, 0.2) is 0 Å². The summed E-state index contributed by atoms with van der Waals surface area (Å²) in [6.07, 6.45) is 4.39. The highest BCUT2D eigenvalue weighted by Crippen LogP contribution is 2.50. The minimum Gasteiger partial charge on any atom is -0.352 e. The molecule has 0 bridgehead atoms. The van der Waals surface area contributed by atoms with Gasteiger partial charge in [-0.3, -0.25) is 4.79 Å². The third-order valence-corrected chi connectivity index (χ3v) is 7.37. The molecule has 0 saturated heterocycles. The Hall–Kier alpha value is -2.07. The zero-order valence-electron chi connectivity index (χ0n) is 19.2. The highest BCUT2D eigenvalue weighted by Gasteiger charge is 2.40. The van der Waals surface area contributed by atoms with E-state index in [2.05, 4.69) is 29.3 Å². The molecular weight excluding hydrogens is 451 g/mol. The van der Waals surface area contributed by atoms with Crippen molar-refractivity contribution in [2.24, 2.45) is 5.92 Å². The minimum atomic E-state index is 0.00499. The molecule has 1 aliphatic carbocycles. The number of nitrogens with one attached hydrogen (secondary N) is 1. The standard InChI is InChI=1S/C28H32Cl2N2O/c1-2-15-32(19-23-18-25(23)24-10-7-11-26(29)27(24)30)16-6-5-14-31-28(33)22-13-12-20-8-3-4-9-21(20)17-22/h3-4,7-13,17,23,25H,2,5-6,14-16,18-19H2,1H3,(H,31,33)/t23-,25+/m1/s1. The summed E-state index contributed by atoms with van der Waals surface area (Å²) in [5.41, 5.74) is 1.92. The lowest BCUT2D eigenvalue weighted by Crippen LogP contribution is -2.29. The molecule has 3 aromatic carbocycles. The van der Waals surface area contributed by atoms with Crippen LogP contribution in [0.4, 0.5) is 0 Å². The van der Waals surface area contributed by atoms with Gasteiger partial charge in [-0.15, -0.1) is 0 Å². The summed E-state index contributed by atoms with van der Waals surface area (Å²) in [5.74, 6) is 1.18. The Bertz CT molecular complexity index is 1100. The first-order chi connectivity index (χ1) is 16.1. The fourth-order valence-electron chi connectivity index (χ4n) is 4.67. The molecule has 0 unspecified atom stereocenters. The van der Waals surface area contributed by atoms with E-state index >= 15 is 0 Å². The highest BCUT2D eigenvalue weighted by molar-refractivity contribution is 6.42. The molecule has 2 atom stereocenters. The zero-order chi connectivity index (χ0) is 23.2. The number of rotatable bonds is 11. The van der Waals surface area contributed by atoms with Crippen LogP contribution in [0.2, 0.25) is 10.0 Å². The fraction of sp³-hybridized carbons (Fsp3) is 0.393. The minimum absolute atomic E-state index is 0.00499. The predicted molar refractivity (Wildman–Crippen MR) is 140 cm³/mol. The van der Waals surface area contributed by atoms with Crippen LogP contribution in [0.1, 0.15) is 54.4 Å². The molecule has 1 saturated carbocycles. The van der Waals surface area contributed by atoms with E-state index in [4.69, 9.17) is 23.2 Å². The Kier molecular flexibility index (Phi) is 8.29. The molecule has 5 heteroatoms. The van der Waals surface area contributed by atoms with Gasteiger partial charge in [0.1, 0.15) is 0 Å². The molecule has 33 heavy (non-hydrogen) atoms. The molecule has 174 valence electrons. The van der Waals surface area contributed by atoms with Crippen molar-refractivity contribution in [2.45, 2.75) is 38.5 Å². The molecule has 1 N–H and O–H groups in total. The molecule has 0 spiro atoms. The van der Waals surface area contributed by atoms with Crippen LogP contribution in [0.3, 0.4) is 0 Å². The van der Waals surface area contributed by atoms with E-state index in [0.717, 1.165) is 60.3 Å². The smallest absolute Gasteiger partial charge is 0.251 e. The number of carbonyl (C=O) groups excluding carboxylic acids is 1. The molecule has 3 aromatic rings. The van der Waals surface area contributed by atoms with Crippen LogP contribution in [-0.2, 0) is 0 Å². The van der Waals surface area contributed by atoms with Gasteiger partial charge < -0.3 is 10.2 Å². The quantitative estimate of drug-likeness (QED) is 0.293. The average Bonchev–Trinajstić information content (AvgIpc) is 3.59. The van der Waals surface area contributed by atoms with E-state index < -0.39 is 0 Å². The molecule has 0 heterocycles. The van der Waals surface area contributed by atoms with Crippen LogP contribution < -0.4 is 5.32 Å². The second kappa shape index (κ2) is 11.4. The van der Waals surface area contributed by atoms with Crippen molar-refractivity contribution in [3.63, 3.8) is 0 Å². The lowest BCUT2D eigenvalue weighted by Gasteiger charge is -2.22. The number of benzene rings is 3. The van der Waals surface area contributed by atoms with Crippen LogP contribution in [0, 0.1) is 5.92 Å². The number of hydrogen-bond donors (Lipinski definition) is 1. The Morgan fingerprint density at radius 3 is 2.64 bits per heavy atom. The van der Waals surface area contributed by atoms with Crippen molar-refractivity contribution in [1.29, 1.82) is 0 Å². The summed E-state index contributed by atoms with van der Waals surface area (Å²) < 4.78 is 0. The lowest BCUT2D eigenvalue weighted by atomic mass is 10.1. The number of fused-ring (bicyclic) bond motifs is 1. The average molecular weight is 483 g/mol. The van der Waals surface area contributed by atoms with E-state index in [1.165, 1.54) is 12.0 Å². The molecular formula is C28H32Cl2N2O. The van der Waals surface area contributed by atoms with Crippen molar-refractivity contribution in [3.8, 4) is 0 Å². The Morgan fingerprint density at radius 1 is 1.00 bits per heavy atom. The first-order valence-corrected chi connectivity index (χ1v) is 12.8. The van der Waals surface area contributed by atoms with Crippen LogP contribution >= 0.6 is 23.2 Å². The summed E-state index contributed by atoms with van der Waals surface area (Å²) in [7, 11) is 0. The summed E-state index contributed by atoms with van der Waals surface area (Å²) >= 11 is 12.6. The maximum absolute atomic E-state index is 12.5. The third-order valence-electron chi connectivity index (χ3n) is 6.53. The van der Waals surface area contributed by atoms with Crippen LogP contribution in [0.5, 0.6) is 0 Å². The van der Waals surface area contributed by atoms with E-state index in [-0.39, 0.29) is 5.91 Å². The fourth-order valence-corrected chi connectivity index (χ4v) is 5.12. The monoisotopic (exact) mass is 482 g/mol. The number of nitrogens with zero attached hydrogens (tertiary/aromatic N) is 1. The summed E-state index contributed by atoms with van der Waals surface area (Å²) in [4.78, 5) is 15.1. The van der Waals surface area contributed by atoms with Crippen molar-refractivity contribution >= 4 is 39.9 Å². The molecule has 3 nitrogen and oxygen atoms in total. The molecule has 0 aromatic heterocycles. The molecule has 0 aliphatic heterocycles. The van der Waals surface area contributed by atoms with Crippen molar-refractivity contribution in [2.75, 3.05) is 26.2 Å². The molecule has 0 radical (unpaired) electrons. The van der Waals surface area contributed by atoms with Crippen molar-refractivity contribution in [3.05, 3.63) is 81.8 Å². The van der Waals surface area contributed by atoms with E-state index in [1.54, 1.807) is 0 Å². The predicted octanol–water partition coefficient (Wildman–Crippen LogP) is 7.17. The summed E-state index contributed by atoms with van der Waals surface area (Å²) in [6, 6.07) is 20.0. The molecule has 1 amide bonds. The highest BCUT2D eigenvalue weighted by atomic mass is 35.5. The molecule has 1 aliphatic rings. The maximum Gasteiger partial charge on any atom is 0.251 e. The van der Waals surface area contributed by atoms with Gasteiger partial charge in [-0.25, -0.2) is 0 Å². The van der Waals surface area contributed by atoms with E-state index in [0.29, 0.717) is 23.4 Å². The van der Waals surface area contributed by atoms with Gasteiger partial charge in [0, 0.05) is 18.7 Å². The van der Waals surface area contributed by atoms with E-state index in [1.807, 2.05) is 48.5 Å². The van der Waals surface area contributed by atoms with Crippen LogP contribution in [-0.4, -0.2) is 37.0 Å². The second-order valence-corrected chi connectivity index (χ2v) is 9.86. The maximum atomic E-state index is 12.5. The van der Waals surface area contributed by atoms with Gasteiger partial charge in [0.25, 0.3) is 5.91 Å². The SMILES string of the molecule is CCCN(CCCCNC(=O)c1ccc2ccccc2c1)C[C@H]1C[C@@H]1c1cccc(Cl)c1Cl. The zero-order valence-corrected chi connectivity index (χ0v) is 20.7. The third kappa shape index (κ3) is 6.29. The Balaban J connectivity index is 1.20. The topological polar surface area (TPSA) is 32.3 Å². The first kappa shape index (κ1) is 24.1. The van der Waals surface area contributed by atoms with E-state index in [9.17, 15) is 4.79 Å². The van der Waals surface area contributed by atoms with Gasteiger partial charge in [0.2, 0.25) is 0 Å². The van der Waals surface area contributed by atoms with Gasteiger partial charge in [0.05, 0.1) is 10.0 Å². The number of hydrogen-bond acceptors (Lipinski definition) is 2. The van der Waals surface area contributed by atoms with Crippen LogP contribution in [0.15, 0.2) is 60.7 Å². The van der Waals surface area contributed by atoms with Gasteiger partial charge in [-0.1, -0.05) is 72.6 Å². The normalized spacial score (nSPS) is 17.5. The first-order valence-electron chi connectivity index (χ1n) is 12.0.